The second-order valence-corrected chi connectivity index (χ2v) is 8.01. The summed E-state index contributed by atoms with van der Waals surface area (Å²) in [6, 6.07) is 15.1. The van der Waals surface area contributed by atoms with Gasteiger partial charge in [0.05, 0.1) is 18.1 Å². The summed E-state index contributed by atoms with van der Waals surface area (Å²) in [5, 5.41) is 13.5. The van der Waals surface area contributed by atoms with Gasteiger partial charge in [-0.05, 0) is 62.4 Å². The van der Waals surface area contributed by atoms with Crippen LogP contribution in [0.25, 0.3) is 17.1 Å². The second-order valence-electron chi connectivity index (χ2n) is 7.07. The van der Waals surface area contributed by atoms with Gasteiger partial charge in [-0.15, -0.1) is 10.2 Å². The highest BCUT2D eigenvalue weighted by molar-refractivity contribution is 7.99. The Morgan fingerprint density at radius 1 is 1.06 bits per heavy atom. The van der Waals surface area contributed by atoms with Crippen molar-refractivity contribution >= 4 is 23.4 Å². The standard InChI is InChI=1S/C24H23N7O2S/c1-3-33-21-8-6-20(7-9-21)31-23(19-5-4-12-26-15-19)29-30-24(31)34-16-22(32)28-27-17(2)18-10-13-25-14-11-18/h4-15H,3,16H2,1-2H3,(H,28,32)/b27-17+. The molecule has 3 aromatic heterocycles. The fraction of sp³-hybridized carbons (Fsp3) is 0.167. The molecule has 10 heteroatoms. The van der Waals surface area contributed by atoms with Crippen molar-refractivity contribution in [2.75, 3.05) is 12.4 Å². The van der Waals surface area contributed by atoms with Crippen molar-refractivity contribution in [3.63, 3.8) is 0 Å². The molecule has 0 radical (unpaired) electrons. The molecule has 34 heavy (non-hydrogen) atoms. The van der Waals surface area contributed by atoms with E-state index in [0.717, 1.165) is 22.6 Å². The first-order valence-corrected chi connectivity index (χ1v) is 11.6. The molecule has 1 amide bonds. The van der Waals surface area contributed by atoms with Crippen molar-refractivity contribution in [2.45, 2.75) is 19.0 Å². The van der Waals surface area contributed by atoms with E-state index in [1.807, 2.05) is 66.9 Å². The Morgan fingerprint density at radius 2 is 1.85 bits per heavy atom. The second kappa shape index (κ2) is 11.2. The Bertz CT molecular complexity index is 1260. The van der Waals surface area contributed by atoms with Crippen LogP contribution in [0.4, 0.5) is 0 Å². The molecule has 0 aliphatic rings. The number of ether oxygens (including phenoxy) is 1. The quantitative estimate of drug-likeness (QED) is 0.224. The van der Waals surface area contributed by atoms with E-state index in [4.69, 9.17) is 4.74 Å². The normalized spacial score (nSPS) is 11.3. The van der Waals surface area contributed by atoms with Gasteiger partial charge >= 0.3 is 0 Å². The largest absolute Gasteiger partial charge is 0.494 e. The maximum Gasteiger partial charge on any atom is 0.250 e. The lowest BCUT2D eigenvalue weighted by atomic mass is 10.2. The van der Waals surface area contributed by atoms with Crippen molar-refractivity contribution in [3.8, 4) is 22.8 Å². The predicted molar refractivity (Wildman–Crippen MR) is 131 cm³/mol. The molecule has 4 rings (SSSR count). The summed E-state index contributed by atoms with van der Waals surface area (Å²) in [6.07, 6.45) is 6.79. The topological polar surface area (TPSA) is 107 Å². The zero-order chi connectivity index (χ0) is 23.8. The Balaban J connectivity index is 1.53. The summed E-state index contributed by atoms with van der Waals surface area (Å²) >= 11 is 1.27. The molecule has 0 atom stereocenters. The van der Waals surface area contributed by atoms with Gasteiger partial charge in [0, 0.05) is 41.6 Å². The Hall–Kier alpha value is -4.05. The zero-order valence-electron chi connectivity index (χ0n) is 18.8. The van der Waals surface area contributed by atoms with Crippen molar-refractivity contribution < 1.29 is 9.53 Å². The highest BCUT2D eigenvalue weighted by Crippen LogP contribution is 2.28. The zero-order valence-corrected chi connectivity index (χ0v) is 19.6. The third-order valence-corrected chi connectivity index (χ3v) is 5.67. The number of aromatic nitrogens is 5. The van der Waals surface area contributed by atoms with Gasteiger partial charge in [-0.1, -0.05) is 11.8 Å². The van der Waals surface area contributed by atoms with Gasteiger partial charge in [0.1, 0.15) is 5.75 Å². The van der Waals surface area contributed by atoms with Gasteiger partial charge in [-0.2, -0.15) is 5.10 Å². The average Bonchev–Trinajstić information content (AvgIpc) is 3.31. The maximum atomic E-state index is 12.5. The molecule has 0 unspecified atom stereocenters. The van der Waals surface area contributed by atoms with Crippen molar-refractivity contribution in [1.82, 2.24) is 30.2 Å². The van der Waals surface area contributed by atoms with Crippen LogP contribution in [-0.2, 0) is 4.79 Å². The molecule has 0 spiro atoms. The number of nitrogens with zero attached hydrogens (tertiary/aromatic N) is 6. The molecule has 9 nitrogen and oxygen atoms in total. The van der Waals surface area contributed by atoms with Gasteiger partial charge in [0.15, 0.2) is 11.0 Å². The Kier molecular flexibility index (Phi) is 7.61. The molecule has 0 bridgehead atoms. The number of carbonyl (C=O) groups excluding carboxylic acids is 1. The van der Waals surface area contributed by atoms with Gasteiger partial charge in [-0.3, -0.25) is 19.3 Å². The molecule has 172 valence electrons. The molecule has 1 N–H and O–H groups in total. The van der Waals surface area contributed by atoms with E-state index in [-0.39, 0.29) is 11.7 Å². The van der Waals surface area contributed by atoms with Crippen LogP contribution < -0.4 is 10.2 Å². The highest BCUT2D eigenvalue weighted by atomic mass is 32.2. The number of amides is 1. The van der Waals surface area contributed by atoms with E-state index in [0.29, 0.717) is 23.3 Å². The number of benzene rings is 1. The molecule has 0 fully saturated rings. The smallest absolute Gasteiger partial charge is 0.250 e. The fourth-order valence-corrected chi connectivity index (χ4v) is 3.85. The Labute approximate surface area is 201 Å². The third-order valence-electron chi connectivity index (χ3n) is 4.74. The van der Waals surface area contributed by atoms with Crippen LogP contribution in [0.2, 0.25) is 0 Å². The summed E-state index contributed by atoms with van der Waals surface area (Å²) in [5.74, 6) is 1.28. The molecule has 3 heterocycles. The van der Waals surface area contributed by atoms with Crippen LogP contribution in [0.3, 0.4) is 0 Å². The molecule has 0 aliphatic heterocycles. The first kappa shape index (κ1) is 23.1. The van der Waals surface area contributed by atoms with Crippen LogP contribution in [0.1, 0.15) is 19.4 Å². The van der Waals surface area contributed by atoms with Crippen molar-refractivity contribution in [3.05, 3.63) is 78.9 Å². The summed E-state index contributed by atoms with van der Waals surface area (Å²) in [7, 11) is 0. The van der Waals surface area contributed by atoms with E-state index in [9.17, 15) is 4.79 Å². The summed E-state index contributed by atoms with van der Waals surface area (Å²) in [5.41, 5.74) is 5.84. The summed E-state index contributed by atoms with van der Waals surface area (Å²) < 4.78 is 7.45. The number of carbonyl (C=O) groups is 1. The van der Waals surface area contributed by atoms with Gasteiger partial charge in [0.25, 0.3) is 5.91 Å². The van der Waals surface area contributed by atoms with E-state index in [1.165, 1.54) is 11.8 Å². The van der Waals surface area contributed by atoms with E-state index < -0.39 is 0 Å². The Morgan fingerprint density at radius 3 is 2.56 bits per heavy atom. The summed E-state index contributed by atoms with van der Waals surface area (Å²) in [4.78, 5) is 20.6. The average molecular weight is 474 g/mol. The number of pyridine rings is 2. The molecular weight excluding hydrogens is 450 g/mol. The van der Waals surface area contributed by atoms with Gasteiger partial charge in [0.2, 0.25) is 0 Å². The first-order valence-electron chi connectivity index (χ1n) is 10.6. The van der Waals surface area contributed by atoms with Gasteiger partial charge < -0.3 is 4.74 Å². The third kappa shape index (κ3) is 5.65. The molecule has 1 aromatic carbocycles. The molecule has 0 aliphatic carbocycles. The number of hydrazone groups is 1. The van der Waals surface area contributed by atoms with Crippen LogP contribution in [0, 0.1) is 0 Å². The number of thioether (sulfide) groups is 1. The van der Waals surface area contributed by atoms with E-state index in [2.05, 4.69) is 30.7 Å². The molecular formula is C24H23N7O2S. The number of hydrogen-bond acceptors (Lipinski definition) is 8. The van der Waals surface area contributed by atoms with Crippen LogP contribution >= 0.6 is 11.8 Å². The maximum absolute atomic E-state index is 12.5. The van der Waals surface area contributed by atoms with Crippen LogP contribution in [0.5, 0.6) is 5.75 Å². The minimum absolute atomic E-state index is 0.120. The minimum atomic E-state index is -0.248. The van der Waals surface area contributed by atoms with E-state index >= 15 is 0 Å². The van der Waals surface area contributed by atoms with Crippen LogP contribution in [-0.4, -0.2) is 48.7 Å². The highest BCUT2D eigenvalue weighted by Gasteiger charge is 2.17. The number of rotatable bonds is 9. The lowest BCUT2D eigenvalue weighted by Gasteiger charge is -2.11. The SMILES string of the molecule is CCOc1ccc(-n2c(SCC(=O)N/N=C(\C)c3ccncc3)nnc2-c2cccnc2)cc1. The van der Waals surface area contributed by atoms with E-state index in [1.54, 1.807) is 24.8 Å². The number of hydrogen-bond donors (Lipinski definition) is 1. The predicted octanol–water partition coefficient (Wildman–Crippen LogP) is 3.76. The number of nitrogens with one attached hydrogen (secondary N) is 1. The molecule has 4 aromatic rings. The molecule has 0 saturated carbocycles. The molecule has 0 saturated heterocycles. The van der Waals surface area contributed by atoms with Crippen molar-refractivity contribution in [2.24, 2.45) is 5.10 Å². The van der Waals surface area contributed by atoms with Gasteiger partial charge in [-0.25, -0.2) is 5.43 Å². The van der Waals surface area contributed by atoms with Crippen LogP contribution in [0.15, 0.2) is 83.6 Å². The first-order chi connectivity index (χ1) is 16.7. The summed E-state index contributed by atoms with van der Waals surface area (Å²) in [6.45, 7) is 4.36. The fourth-order valence-electron chi connectivity index (χ4n) is 3.10. The lowest BCUT2D eigenvalue weighted by Crippen LogP contribution is -2.21. The lowest BCUT2D eigenvalue weighted by molar-refractivity contribution is -0.118. The monoisotopic (exact) mass is 473 g/mol. The minimum Gasteiger partial charge on any atom is -0.494 e. The van der Waals surface area contributed by atoms with Crippen molar-refractivity contribution in [1.29, 1.82) is 0 Å².